The molecule has 3 N–H and O–H groups in total. The Morgan fingerprint density at radius 3 is 2.56 bits per heavy atom. The Morgan fingerprint density at radius 1 is 1.44 bits per heavy atom. The first-order valence-electron chi connectivity index (χ1n) is 6.27. The number of nitrogens with one attached hydrogen (secondary N) is 1. The Hall–Kier alpha value is -1.14. The summed E-state index contributed by atoms with van der Waals surface area (Å²) in [5.41, 5.74) is 5.26. The molecule has 0 atom stereocenters. The summed E-state index contributed by atoms with van der Waals surface area (Å²) in [7, 11) is 3.22. The van der Waals surface area contributed by atoms with Gasteiger partial charge in [-0.1, -0.05) is 6.42 Å². The van der Waals surface area contributed by atoms with Gasteiger partial charge in [0.2, 0.25) is 11.8 Å². The van der Waals surface area contributed by atoms with Crippen LogP contribution in [0.2, 0.25) is 0 Å². The van der Waals surface area contributed by atoms with Crippen LogP contribution in [0.3, 0.4) is 0 Å². The molecule has 6 heteroatoms. The van der Waals surface area contributed by atoms with Crippen LogP contribution < -0.4 is 11.1 Å². The lowest BCUT2D eigenvalue weighted by molar-refractivity contribution is -0.147. The highest BCUT2D eigenvalue weighted by atomic mass is 16.5. The average molecular weight is 257 g/mol. The zero-order valence-electron chi connectivity index (χ0n) is 11.2. The first kappa shape index (κ1) is 14.9. The fourth-order valence-electron chi connectivity index (χ4n) is 2.15. The number of rotatable bonds is 7. The molecule has 1 aliphatic carbocycles. The van der Waals surface area contributed by atoms with Gasteiger partial charge >= 0.3 is 0 Å². The Bertz CT molecular complexity index is 297. The topological polar surface area (TPSA) is 84.7 Å². The summed E-state index contributed by atoms with van der Waals surface area (Å²) >= 11 is 0. The third-order valence-corrected chi connectivity index (χ3v) is 3.51. The number of methoxy groups -OCH3 is 1. The summed E-state index contributed by atoms with van der Waals surface area (Å²) in [5, 5.41) is 2.69. The lowest BCUT2D eigenvalue weighted by Gasteiger charge is -2.41. The van der Waals surface area contributed by atoms with Crippen LogP contribution in [0.1, 0.15) is 19.3 Å². The molecule has 0 saturated heterocycles. The summed E-state index contributed by atoms with van der Waals surface area (Å²) in [5.74, 6) is -0.187. The Balaban J connectivity index is 2.37. The van der Waals surface area contributed by atoms with E-state index in [1.165, 1.54) is 4.90 Å². The van der Waals surface area contributed by atoms with Crippen molar-refractivity contribution < 1.29 is 14.3 Å². The van der Waals surface area contributed by atoms with E-state index in [0.29, 0.717) is 19.7 Å². The van der Waals surface area contributed by atoms with Gasteiger partial charge in [0.25, 0.3) is 0 Å². The number of hydrogen-bond acceptors (Lipinski definition) is 4. The van der Waals surface area contributed by atoms with Crippen molar-refractivity contribution in [1.82, 2.24) is 10.2 Å². The van der Waals surface area contributed by atoms with Crippen LogP contribution >= 0.6 is 0 Å². The van der Waals surface area contributed by atoms with Gasteiger partial charge < -0.3 is 20.7 Å². The molecule has 0 aromatic carbocycles. The first-order chi connectivity index (χ1) is 8.55. The Labute approximate surface area is 108 Å². The molecule has 0 bridgehead atoms. The van der Waals surface area contributed by atoms with Gasteiger partial charge in [-0.3, -0.25) is 9.59 Å². The molecule has 0 aromatic heterocycles. The van der Waals surface area contributed by atoms with Crippen molar-refractivity contribution in [1.29, 1.82) is 0 Å². The van der Waals surface area contributed by atoms with Crippen molar-refractivity contribution in [3.05, 3.63) is 0 Å². The maximum absolute atomic E-state index is 12.2. The molecule has 0 aliphatic heterocycles. The zero-order chi connectivity index (χ0) is 13.6. The van der Waals surface area contributed by atoms with Crippen molar-refractivity contribution in [2.45, 2.75) is 19.3 Å². The van der Waals surface area contributed by atoms with E-state index < -0.39 is 5.41 Å². The second-order valence-corrected chi connectivity index (χ2v) is 4.84. The van der Waals surface area contributed by atoms with Gasteiger partial charge in [-0.25, -0.2) is 0 Å². The Morgan fingerprint density at radius 2 is 2.11 bits per heavy atom. The molecule has 0 aromatic rings. The SMILES string of the molecule is COCCNC(=O)CN(C)C(=O)C1(CN)CCC1. The van der Waals surface area contributed by atoms with Crippen LogP contribution in [0.25, 0.3) is 0 Å². The van der Waals surface area contributed by atoms with Crippen molar-refractivity contribution >= 4 is 11.8 Å². The van der Waals surface area contributed by atoms with Crippen LogP contribution in [0.15, 0.2) is 0 Å². The molecule has 0 radical (unpaired) electrons. The smallest absolute Gasteiger partial charge is 0.239 e. The first-order valence-corrected chi connectivity index (χ1v) is 6.27. The van der Waals surface area contributed by atoms with Crippen molar-refractivity contribution in [3.8, 4) is 0 Å². The van der Waals surface area contributed by atoms with Crippen LogP contribution in [0.4, 0.5) is 0 Å². The number of nitrogens with two attached hydrogens (primary N) is 1. The van der Waals surface area contributed by atoms with Gasteiger partial charge in [-0.15, -0.1) is 0 Å². The summed E-state index contributed by atoms with van der Waals surface area (Å²) in [4.78, 5) is 25.2. The van der Waals surface area contributed by atoms with E-state index in [1.54, 1.807) is 14.2 Å². The predicted octanol–water partition coefficient (Wildman–Crippen LogP) is -0.664. The molecule has 2 amide bonds. The van der Waals surface area contributed by atoms with Gasteiger partial charge in [-0.05, 0) is 12.8 Å². The largest absolute Gasteiger partial charge is 0.383 e. The quantitative estimate of drug-likeness (QED) is 0.593. The molecular formula is C12H23N3O3. The number of carbonyl (C=O) groups excluding carboxylic acids is 2. The molecule has 18 heavy (non-hydrogen) atoms. The summed E-state index contributed by atoms with van der Waals surface area (Å²) in [6, 6.07) is 0. The van der Waals surface area contributed by atoms with Gasteiger partial charge in [0, 0.05) is 27.2 Å². The molecule has 0 spiro atoms. The van der Waals surface area contributed by atoms with E-state index in [9.17, 15) is 9.59 Å². The third-order valence-electron chi connectivity index (χ3n) is 3.51. The number of nitrogens with zero attached hydrogens (tertiary/aromatic N) is 1. The maximum Gasteiger partial charge on any atom is 0.239 e. The van der Waals surface area contributed by atoms with E-state index in [4.69, 9.17) is 10.5 Å². The number of amides is 2. The zero-order valence-corrected chi connectivity index (χ0v) is 11.2. The summed E-state index contributed by atoms with van der Waals surface area (Å²) < 4.78 is 4.83. The van der Waals surface area contributed by atoms with Crippen LogP contribution in [0, 0.1) is 5.41 Å². The lowest BCUT2D eigenvalue weighted by atomic mass is 9.68. The number of likely N-dealkylation sites (N-methyl/N-ethyl adjacent to an activating group) is 1. The molecular weight excluding hydrogens is 234 g/mol. The highest BCUT2D eigenvalue weighted by molar-refractivity contribution is 5.88. The van der Waals surface area contributed by atoms with Gasteiger partial charge in [0.1, 0.15) is 0 Å². The third kappa shape index (κ3) is 3.43. The second kappa shape index (κ2) is 6.70. The fraction of sp³-hybridized carbons (Fsp3) is 0.833. The van der Waals surface area contributed by atoms with Crippen molar-refractivity contribution in [2.24, 2.45) is 11.1 Å². The second-order valence-electron chi connectivity index (χ2n) is 4.84. The highest BCUT2D eigenvalue weighted by Crippen LogP contribution is 2.41. The number of ether oxygens (including phenoxy) is 1. The van der Waals surface area contributed by atoms with Gasteiger partial charge in [-0.2, -0.15) is 0 Å². The average Bonchev–Trinajstić information content (AvgIpc) is 2.28. The molecule has 1 aliphatic rings. The minimum atomic E-state index is -0.415. The molecule has 0 heterocycles. The van der Waals surface area contributed by atoms with Gasteiger partial charge in [0.05, 0.1) is 18.6 Å². The van der Waals surface area contributed by atoms with Gasteiger partial charge in [0.15, 0.2) is 0 Å². The normalized spacial score (nSPS) is 16.8. The Kier molecular flexibility index (Phi) is 5.55. The van der Waals surface area contributed by atoms with Crippen LogP contribution in [-0.2, 0) is 14.3 Å². The molecule has 1 fully saturated rings. The van der Waals surface area contributed by atoms with E-state index in [2.05, 4.69) is 5.32 Å². The fourth-order valence-corrected chi connectivity index (χ4v) is 2.15. The predicted molar refractivity (Wildman–Crippen MR) is 67.9 cm³/mol. The highest BCUT2D eigenvalue weighted by Gasteiger charge is 2.44. The number of hydrogen-bond donors (Lipinski definition) is 2. The van der Waals surface area contributed by atoms with E-state index >= 15 is 0 Å². The maximum atomic E-state index is 12.2. The minimum absolute atomic E-state index is 0.0156. The summed E-state index contributed by atoms with van der Waals surface area (Å²) in [6.07, 6.45) is 2.70. The van der Waals surface area contributed by atoms with E-state index in [-0.39, 0.29) is 18.4 Å². The van der Waals surface area contributed by atoms with E-state index in [0.717, 1.165) is 19.3 Å². The van der Waals surface area contributed by atoms with Crippen LogP contribution in [0.5, 0.6) is 0 Å². The molecule has 1 saturated carbocycles. The molecule has 104 valence electrons. The van der Waals surface area contributed by atoms with Crippen molar-refractivity contribution in [3.63, 3.8) is 0 Å². The van der Waals surface area contributed by atoms with E-state index in [1.807, 2.05) is 0 Å². The minimum Gasteiger partial charge on any atom is -0.383 e. The standard InChI is InChI=1S/C12H23N3O3/c1-15(8-10(16)14-6-7-18-2)11(17)12(9-13)4-3-5-12/h3-9,13H2,1-2H3,(H,14,16). The van der Waals surface area contributed by atoms with Crippen molar-refractivity contribution in [2.75, 3.05) is 40.4 Å². The number of carbonyl (C=O) groups is 2. The molecule has 1 rings (SSSR count). The lowest BCUT2D eigenvalue weighted by Crippen LogP contribution is -2.52. The monoisotopic (exact) mass is 257 g/mol. The molecule has 6 nitrogen and oxygen atoms in total. The van der Waals surface area contributed by atoms with Crippen LogP contribution in [-0.4, -0.2) is 57.1 Å². The summed E-state index contributed by atoms with van der Waals surface area (Å²) in [6.45, 7) is 1.36. The molecule has 0 unspecified atom stereocenters.